The van der Waals surface area contributed by atoms with Crippen LogP contribution in [-0.4, -0.2) is 54.3 Å². The first-order valence-electron chi connectivity index (χ1n) is 11.2. The number of ketones is 1. The number of sulfone groups is 1. The zero-order valence-electron chi connectivity index (χ0n) is 18.3. The van der Waals surface area contributed by atoms with Crippen LogP contribution in [0.5, 0.6) is 0 Å². The van der Waals surface area contributed by atoms with Crippen LogP contribution in [0.1, 0.15) is 60.3 Å². The highest BCUT2D eigenvalue weighted by Crippen LogP contribution is 2.37. The number of aromatic nitrogens is 1. The monoisotopic (exact) mass is 462 g/mol. The molecule has 31 heavy (non-hydrogen) atoms. The van der Waals surface area contributed by atoms with Gasteiger partial charge < -0.3 is 4.57 Å². The Labute approximate surface area is 190 Å². The molecule has 0 N–H and O–H groups in total. The number of benzene rings is 1. The molecule has 2 saturated heterocycles. The summed E-state index contributed by atoms with van der Waals surface area (Å²) in [6, 6.07) is 10.8. The standard InChI is InChI=1S/C24H31ClN2O3S/c1-17-23(24(28)16-26-19-10-11-20(26)13-12-19)15-22(5-3-4-14-31(2,29)30)27(17)21-8-6-18(25)7-9-21/h6-9,15,19-20H,3-5,10-14,16H2,1-2H3. The minimum atomic E-state index is -2.96. The van der Waals surface area contributed by atoms with E-state index in [4.69, 9.17) is 11.6 Å². The number of carbonyl (C=O) groups is 1. The molecule has 2 bridgehead atoms. The summed E-state index contributed by atoms with van der Waals surface area (Å²) in [5.41, 5.74) is 3.73. The van der Waals surface area contributed by atoms with Crippen molar-refractivity contribution in [2.45, 2.75) is 64.0 Å². The van der Waals surface area contributed by atoms with Gasteiger partial charge in [0.2, 0.25) is 0 Å². The molecule has 1 aromatic carbocycles. The van der Waals surface area contributed by atoms with Crippen LogP contribution in [0.3, 0.4) is 0 Å². The van der Waals surface area contributed by atoms with Crippen LogP contribution in [-0.2, 0) is 16.3 Å². The van der Waals surface area contributed by atoms with Gasteiger partial charge in [-0.25, -0.2) is 8.42 Å². The highest BCUT2D eigenvalue weighted by molar-refractivity contribution is 7.90. The molecule has 0 atom stereocenters. The van der Waals surface area contributed by atoms with Gasteiger partial charge in [-0.15, -0.1) is 0 Å². The van der Waals surface area contributed by atoms with Crippen molar-refractivity contribution < 1.29 is 13.2 Å². The van der Waals surface area contributed by atoms with Crippen LogP contribution in [0.15, 0.2) is 30.3 Å². The highest BCUT2D eigenvalue weighted by atomic mass is 35.5. The van der Waals surface area contributed by atoms with E-state index in [1.165, 1.54) is 31.9 Å². The second-order valence-corrected chi connectivity index (χ2v) is 11.8. The van der Waals surface area contributed by atoms with Crippen LogP contribution in [0.4, 0.5) is 0 Å². The largest absolute Gasteiger partial charge is 0.317 e. The van der Waals surface area contributed by atoms with Gasteiger partial charge in [-0.05, 0) is 82.2 Å². The first-order chi connectivity index (χ1) is 14.7. The van der Waals surface area contributed by atoms with Crippen LogP contribution in [0.25, 0.3) is 5.69 Å². The molecule has 0 aliphatic carbocycles. The third kappa shape index (κ3) is 5.07. The van der Waals surface area contributed by atoms with Gasteiger partial charge in [0.1, 0.15) is 9.84 Å². The van der Waals surface area contributed by atoms with Crippen LogP contribution in [0.2, 0.25) is 5.02 Å². The number of aryl methyl sites for hydroxylation is 1. The van der Waals surface area contributed by atoms with Gasteiger partial charge in [-0.2, -0.15) is 0 Å². The minimum Gasteiger partial charge on any atom is -0.317 e. The number of Topliss-reactive ketones (excluding diaryl/α,β-unsaturated/α-hetero) is 1. The lowest BCUT2D eigenvalue weighted by Gasteiger charge is -2.20. The summed E-state index contributed by atoms with van der Waals surface area (Å²) >= 11 is 6.08. The summed E-state index contributed by atoms with van der Waals surface area (Å²) in [6.07, 6.45) is 8.24. The van der Waals surface area contributed by atoms with E-state index in [0.717, 1.165) is 35.5 Å². The molecule has 168 valence electrons. The number of carbonyl (C=O) groups excluding carboxylic acids is 1. The third-order valence-corrected chi connectivity index (χ3v) is 8.12. The number of hydrogen-bond acceptors (Lipinski definition) is 4. The molecular formula is C24H31ClN2O3S. The van der Waals surface area contributed by atoms with Crippen LogP contribution >= 0.6 is 11.6 Å². The molecule has 4 rings (SSSR count). The molecular weight excluding hydrogens is 432 g/mol. The van der Waals surface area contributed by atoms with Gasteiger partial charge >= 0.3 is 0 Å². The SMILES string of the molecule is Cc1c(C(=O)CN2C3CCC2CC3)cc(CCCCS(C)(=O)=O)n1-c1ccc(Cl)cc1. The normalized spacial score (nSPS) is 21.1. The predicted molar refractivity (Wildman–Crippen MR) is 125 cm³/mol. The molecule has 2 aromatic rings. The van der Waals surface area contributed by atoms with Gasteiger partial charge in [0.15, 0.2) is 5.78 Å². The zero-order chi connectivity index (χ0) is 22.2. The first-order valence-corrected chi connectivity index (χ1v) is 13.6. The molecule has 1 aromatic heterocycles. The molecule has 5 nitrogen and oxygen atoms in total. The average Bonchev–Trinajstić information content (AvgIpc) is 3.38. The number of nitrogens with zero attached hydrogens (tertiary/aromatic N) is 2. The van der Waals surface area contributed by atoms with E-state index >= 15 is 0 Å². The number of fused-ring (bicyclic) bond motifs is 2. The molecule has 0 spiro atoms. The van der Waals surface area contributed by atoms with E-state index in [0.29, 0.717) is 30.1 Å². The Hall–Kier alpha value is -1.63. The predicted octanol–water partition coefficient (Wildman–Crippen LogP) is 4.62. The Kier molecular flexibility index (Phi) is 6.61. The van der Waals surface area contributed by atoms with E-state index in [-0.39, 0.29) is 11.5 Å². The van der Waals surface area contributed by atoms with Crippen LogP contribution < -0.4 is 0 Å². The van der Waals surface area contributed by atoms with Crippen molar-refractivity contribution in [3.8, 4) is 5.69 Å². The maximum absolute atomic E-state index is 13.3. The van der Waals surface area contributed by atoms with Crippen molar-refractivity contribution in [1.82, 2.24) is 9.47 Å². The molecule has 0 amide bonds. The van der Waals surface area contributed by atoms with Gasteiger partial charge in [0.25, 0.3) is 0 Å². The Morgan fingerprint density at radius 1 is 1.06 bits per heavy atom. The lowest BCUT2D eigenvalue weighted by atomic mass is 10.0. The summed E-state index contributed by atoms with van der Waals surface area (Å²) in [5, 5.41) is 0.670. The number of hydrogen-bond donors (Lipinski definition) is 0. The topological polar surface area (TPSA) is 59.4 Å². The maximum Gasteiger partial charge on any atom is 0.178 e. The van der Waals surface area contributed by atoms with E-state index < -0.39 is 9.84 Å². The molecule has 0 radical (unpaired) electrons. The summed E-state index contributed by atoms with van der Waals surface area (Å²) < 4.78 is 25.1. The maximum atomic E-state index is 13.3. The molecule has 0 unspecified atom stereocenters. The Balaban J connectivity index is 1.58. The van der Waals surface area contributed by atoms with Crippen molar-refractivity contribution in [1.29, 1.82) is 0 Å². The fraction of sp³-hybridized carbons (Fsp3) is 0.542. The van der Waals surface area contributed by atoms with Gasteiger partial charge in [-0.3, -0.25) is 9.69 Å². The second-order valence-electron chi connectivity index (χ2n) is 9.09. The van der Waals surface area contributed by atoms with Gasteiger partial charge in [0.05, 0.1) is 6.54 Å². The minimum absolute atomic E-state index is 0.182. The number of halogens is 1. The number of unbranched alkanes of at least 4 members (excludes halogenated alkanes) is 1. The number of rotatable bonds is 9. The fourth-order valence-electron chi connectivity index (χ4n) is 5.29. The molecule has 2 fully saturated rings. The summed E-state index contributed by atoms with van der Waals surface area (Å²) in [6.45, 7) is 2.49. The van der Waals surface area contributed by atoms with E-state index in [2.05, 4.69) is 9.47 Å². The smallest absolute Gasteiger partial charge is 0.178 e. The van der Waals surface area contributed by atoms with Crippen molar-refractivity contribution in [2.75, 3.05) is 18.6 Å². The zero-order valence-corrected chi connectivity index (χ0v) is 19.9. The fourth-order valence-corrected chi connectivity index (χ4v) is 6.14. The first kappa shape index (κ1) is 22.6. The Morgan fingerprint density at radius 2 is 1.68 bits per heavy atom. The van der Waals surface area contributed by atoms with Crippen molar-refractivity contribution in [3.63, 3.8) is 0 Å². The molecule has 2 aliphatic heterocycles. The molecule has 3 heterocycles. The Morgan fingerprint density at radius 3 is 2.26 bits per heavy atom. The molecule has 0 saturated carbocycles. The Bertz CT molecular complexity index is 1040. The van der Waals surface area contributed by atoms with Crippen molar-refractivity contribution in [2.24, 2.45) is 0 Å². The summed E-state index contributed by atoms with van der Waals surface area (Å²) in [4.78, 5) is 15.7. The average molecular weight is 463 g/mol. The third-order valence-electron chi connectivity index (χ3n) is 6.84. The van der Waals surface area contributed by atoms with Crippen molar-refractivity contribution in [3.05, 3.63) is 52.3 Å². The summed E-state index contributed by atoms with van der Waals surface area (Å²) in [5.74, 6) is 0.373. The van der Waals surface area contributed by atoms with Crippen LogP contribution in [0, 0.1) is 6.92 Å². The highest BCUT2D eigenvalue weighted by Gasteiger charge is 2.40. The van der Waals surface area contributed by atoms with E-state index in [1.807, 2.05) is 37.3 Å². The van der Waals surface area contributed by atoms with E-state index in [9.17, 15) is 13.2 Å². The van der Waals surface area contributed by atoms with Crippen molar-refractivity contribution >= 4 is 27.2 Å². The second kappa shape index (κ2) is 9.08. The molecule has 2 aliphatic rings. The van der Waals surface area contributed by atoms with Gasteiger partial charge in [-0.1, -0.05) is 11.6 Å². The lowest BCUT2D eigenvalue weighted by Crippen LogP contribution is -2.34. The summed E-state index contributed by atoms with van der Waals surface area (Å²) in [7, 11) is -2.96. The van der Waals surface area contributed by atoms with Gasteiger partial charge in [0, 0.05) is 51.8 Å². The molecule has 7 heteroatoms. The van der Waals surface area contributed by atoms with E-state index in [1.54, 1.807) is 0 Å². The quantitative estimate of drug-likeness (QED) is 0.403. The lowest BCUT2D eigenvalue weighted by molar-refractivity contribution is 0.0917.